The van der Waals surface area contributed by atoms with Gasteiger partial charge in [-0.25, -0.2) is 4.98 Å². The molecule has 7 heteroatoms. The van der Waals surface area contributed by atoms with Crippen molar-refractivity contribution in [2.75, 3.05) is 5.32 Å². The van der Waals surface area contributed by atoms with Crippen LogP contribution in [-0.2, 0) is 0 Å². The number of carbonyl (C=O) groups is 1. The number of benzene rings is 1. The minimum absolute atomic E-state index is 0.109. The minimum Gasteiger partial charge on any atom is -0.316 e. The van der Waals surface area contributed by atoms with E-state index in [4.69, 9.17) is 0 Å². The van der Waals surface area contributed by atoms with Gasteiger partial charge in [-0.2, -0.15) is 9.61 Å². The number of amides is 1. The minimum atomic E-state index is -0.393. The smallest absolute Gasteiger partial charge is 0.298 e. The molecule has 94 valence electrons. The van der Waals surface area contributed by atoms with Gasteiger partial charge in [0.05, 0.1) is 6.20 Å². The molecule has 2 aromatic heterocycles. The zero-order valence-electron chi connectivity index (χ0n) is 9.61. The summed E-state index contributed by atoms with van der Waals surface area (Å²) in [4.78, 5) is 28.5. The number of nitrogens with zero attached hydrogens (tertiary/aromatic N) is 3. The van der Waals surface area contributed by atoms with Crippen LogP contribution in [0.25, 0.3) is 4.96 Å². The largest absolute Gasteiger partial charge is 0.316 e. The Hall–Kier alpha value is -2.54. The van der Waals surface area contributed by atoms with E-state index in [1.807, 2.05) is 6.07 Å². The molecule has 0 spiro atoms. The van der Waals surface area contributed by atoms with Gasteiger partial charge < -0.3 is 5.32 Å². The lowest BCUT2D eigenvalue weighted by Crippen LogP contribution is -2.23. The first-order valence-corrected chi connectivity index (χ1v) is 6.31. The lowest BCUT2D eigenvalue weighted by atomic mass is 10.2. The highest BCUT2D eigenvalue weighted by molar-refractivity contribution is 7.14. The molecule has 3 rings (SSSR count). The highest BCUT2D eigenvalue weighted by atomic mass is 32.1. The van der Waals surface area contributed by atoms with E-state index in [-0.39, 0.29) is 11.6 Å². The Morgan fingerprint density at radius 2 is 2.05 bits per heavy atom. The van der Waals surface area contributed by atoms with Crippen molar-refractivity contribution in [3.8, 4) is 0 Å². The van der Waals surface area contributed by atoms with Crippen LogP contribution in [0.4, 0.5) is 5.69 Å². The topological polar surface area (TPSA) is 76.4 Å². The average Bonchev–Trinajstić information content (AvgIpc) is 2.92. The average molecular weight is 272 g/mol. The number of fused-ring (bicyclic) bond motifs is 1. The number of carbonyl (C=O) groups excluding carboxylic acids is 1. The van der Waals surface area contributed by atoms with Gasteiger partial charge in [-0.05, 0) is 12.1 Å². The molecule has 0 saturated heterocycles. The quantitative estimate of drug-likeness (QED) is 0.765. The summed E-state index contributed by atoms with van der Waals surface area (Å²) in [5, 5.41) is 6.41. The molecule has 0 unspecified atom stereocenters. The van der Waals surface area contributed by atoms with Gasteiger partial charge in [-0.15, -0.1) is 0 Å². The van der Waals surface area contributed by atoms with Gasteiger partial charge in [0, 0.05) is 5.56 Å². The van der Waals surface area contributed by atoms with Crippen LogP contribution in [0.2, 0.25) is 0 Å². The van der Waals surface area contributed by atoms with Crippen molar-refractivity contribution in [1.29, 1.82) is 0 Å². The van der Waals surface area contributed by atoms with E-state index in [0.29, 0.717) is 10.5 Å². The fraction of sp³-hybridized carbons (Fsp3) is 0. The second-order valence-corrected chi connectivity index (χ2v) is 4.54. The molecule has 0 fully saturated rings. The van der Waals surface area contributed by atoms with Gasteiger partial charge in [0.1, 0.15) is 11.2 Å². The van der Waals surface area contributed by atoms with Gasteiger partial charge >= 0.3 is 0 Å². The molecule has 0 radical (unpaired) electrons. The van der Waals surface area contributed by atoms with Crippen molar-refractivity contribution in [3.63, 3.8) is 0 Å². The summed E-state index contributed by atoms with van der Waals surface area (Å²) in [5.41, 5.74) is 1.71. The molecule has 3 aromatic rings. The highest BCUT2D eigenvalue weighted by Crippen LogP contribution is 2.07. The van der Waals surface area contributed by atoms with Crippen LogP contribution >= 0.6 is 11.3 Å². The van der Waals surface area contributed by atoms with E-state index in [0.717, 1.165) is 4.52 Å². The molecule has 0 bridgehead atoms. The number of hydrogen-bond acceptors (Lipinski definition) is 5. The Morgan fingerprint density at radius 1 is 1.26 bits per heavy atom. The lowest BCUT2D eigenvalue weighted by molar-refractivity contribution is 0.102. The Kier molecular flexibility index (Phi) is 2.81. The summed E-state index contributed by atoms with van der Waals surface area (Å²) in [7, 11) is 0. The van der Waals surface area contributed by atoms with Crippen molar-refractivity contribution in [2.45, 2.75) is 0 Å². The van der Waals surface area contributed by atoms with Gasteiger partial charge in [0.25, 0.3) is 11.5 Å². The standard InChI is InChI=1S/C12H8N4O2S/c17-10(8-4-2-1-3-5-8)15-9-6-13-12-16(11(9)18)14-7-19-12/h1-7H,(H,15,17). The monoisotopic (exact) mass is 272 g/mol. The Bertz CT molecular complexity index is 794. The predicted molar refractivity (Wildman–Crippen MR) is 71.5 cm³/mol. The molecular weight excluding hydrogens is 264 g/mol. The SMILES string of the molecule is O=C(Nc1cnc2scnn2c1=O)c1ccccc1. The fourth-order valence-electron chi connectivity index (χ4n) is 1.60. The number of anilines is 1. The third-order valence-electron chi connectivity index (χ3n) is 2.51. The zero-order valence-corrected chi connectivity index (χ0v) is 10.4. The summed E-state index contributed by atoms with van der Waals surface area (Å²) < 4.78 is 1.16. The molecule has 0 aliphatic carbocycles. The maximum absolute atomic E-state index is 12.0. The summed E-state index contributed by atoms with van der Waals surface area (Å²) in [6, 6.07) is 8.66. The van der Waals surface area contributed by atoms with E-state index in [1.54, 1.807) is 24.3 Å². The molecule has 1 N–H and O–H groups in total. The second kappa shape index (κ2) is 4.62. The summed E-state index contributed by atoms with van der Waals surface area (Å²) in [5.74, 6) is -0.352. The maximum Gasteiger partial charge on any atom is 0.298 e. The van der Waals surface area contributed by atoms with Gasteiger partial charge in [0.2, 0.25) is 4.96 Å². The van der Waals surface area contributed by atoms with Crippen LogP contribution < -0.4 is 10.9 Å². The molecule has 6 nitrogen and oxygen atoms in total. The Morgan fingerprint density at radius 3 is 2.84 bits per heavy atom. The number of nitrogens with one attached hydrogen (secondary N) is 1. The zero-order chi connectivity index (χ0) is 13.2. The molecular formula is C12H8N4O2S. The van der Waals surface area contributed by atoms with Crippen molar-refractivity contribution in [1.82, 2.24) is 14.6 Å². The number of rotatable bonds is 2. The third kappa shape index (κ3) is 2.11. The van der Waals surface area contributed by atoms with E-state index in [2.05, 4.69) is 15.4 Å². The maximum atomic E-state index is 12.0. The molecule has 1 aromatic carbocycles. The van der Waals surface area contributed by atoms with Gasteiger partial charge in [-0.3, -0.25) is 9.59 Å². The molecule has 0 aliphatic heterocycles. The van der Waals surface area contributed by atoms with Crippen LogP contribution in [0.15, 0.2) is 46.8 Å². The molecule has 0 atom stereocenters. The van der Waals surface area contributed by atoms with Crippen LogP contribution in [0.5, 0.6) is 0 Å². The summed E-state index contributed by atoms with van der Waals surface area (Å²) in [6.07, 6.45) is 1.34. The van der Waals surface area contributed by atoms with Crippen LogP contribution in [0.1, 0.15) is 10.4 Å². The normalized spacial score (nSPS) is 10.5. The van der Waals surface area contributed by atoms with Crippen molar-refractivity contribution in [2.24, 2.45) is 0 Å². The predicted octanol–water partition coefficient (Wildman–Crippen LogP) is 1.40. The molecule has 2 heterocycles. The highest BCUT2D eigenvalue weighted by Gasteiger charge is 2.11. The van der Waals surface area contributed by atoms with Crippen LogP contribution in [0.3, 0.4) is 0 Å². The van der Waals surface area contributed by atoms with E-state index in [9.17, 15) is 9.59 Å². The van der Waals surface area contributed by atoms with Gasteiger partial charge in [-0.1, -0.05) is 29.5 Å². The van der Waals surface area contributed by atoms with Crippen LogP contribution in [0, 0.1) is 0 Å². The molecule has 0 saturated carbocycles. The molecule has 0 aliphatic rings. The van der Waals surface area contributed by atoms with Crippen molar-refractivity contribution >= 4 is 27.9 Å². The molecule has 1 amide bonds. The fourth-order valence-corrected chi connectivity index (χ4v) is 2.18. The van der Waals surface area contributed by atoms with Crippen molar-refractivity contribution in [3.05, 3.63) is 58.0 Å². The first-order valence-electron chi connectivity index (χ1n) is 5.43. The third-order valence-corrected chi connectivity index (χ3v) is 3.20. The van der Waals surface area contributed by atoms with E-state index >= 15 is 0 Å². The summed E-state index contributed by atoms with van der Waals surface area (Å²) >= 11 is 1.25. The van der Waals surface area contributed by atoms with E-state index in [1.165, 1.54) is 23.0 Å². The van der Waals surface area contributed by atoms with Crippen LogP contribution in [-0.4, -0.2) is 20.5 Å². The number of aromatic nitrogens is 3. The first kappa shape index (κ1) is 11.5. The Labute approximate surface area is 111 Å². The van der Waals surface area contributed by atoms with Gasteiger partial charge in [0.15, 0.2) is 0 Å². The van der Waals surface area contributed by atoms with Crippen molar-refractivity contribution < 1.29 is 4.79 Å². The Balaban J connectivity index is 1.96. The number of hydrogen-bond donors (Lipinski definition) is 1. The second-order valence-electron chi connectivity index (χ2n) is 3.73. The summed E-state index contributed by atoms with van der Waals surface area (Å²) in [6.45, 7) is 0. The van der Waals surface area contributed by atoms with E-state index < -0.39 is 5.56 Å². The first-order chi connectivity index (χ1) is 9.25. The molecule has 19 heavy (non-hydrogen) atoms. The lowest BCUT2D eigenvalue weighted by Gasteiger charge is -2.03.